The van der Waals surface area contributed by atoms with E-state index >= 15 is 0 Å². The number of rotatable bonds is 8. The van der Waals surface area contributed by atoms with Crippen molar-refractivity contribution in [3.05, 3.63) is 28.8 Å². The molecule has 2 aromatic rings. The molecular weight excluding hydrogens is 436 g/mol. The summed E-state index contributed by atoms with van der Waals surface area (Å²) in [5.74, 6) is 2.42. The van der Waals surface area contributed by atoms with E-state index < -0.39 is 0 Å². The van der Waals surface area contributed by atoms with Crippen LogP contribution in [-0.4, -0.2) is 69.7 Å². The van der Waals surface area contributed by atoms with Gasteiger partial charge in [0.2, 0.25) is 17.8 Å². The SMILES string of the molecule is CCC1CCCN1CNc1nc(Nc2ccc(C)c(Cl)c2)nc(NC2CN3CCC2CC3)n1. The van der Waals surface area contributed by atoms with Gasteiger partial charge in [0.1, 0.15) is 0 Å². The molecule has 6 rings (SSSR count). The summed E-state index contributed by atoms with van der Waals surface area (Å²) in [6.45, 7) is 9.60. The summed E-state index contributed by atoms with van der Waals surface area (Å²) in [5.41, 5.74) is 1.91. The summed E-state index contributed by atoms with van der Waals surface area (Å²) in [6, 6.07) is 6.91. The van der Waals surface area contributed by atoms with Crippen molar-refractivity contribution >= 4 is 35.1 Å². The summed E-state index contributed by atoms with van der Waals surface area (Å²) in [5, 5.41) is 11.1. The van der Waals surface area contributed by atoms with Gasteiger partial charge in [0.15, 0.2) is 0 Å². The number of fused-ring (bicyclic) bond motifs is 3. The van der Waals surface area contributed by atoms with Crippen LogP contribution < -0.4 is 16.0 Å². The maximum absolute atomic E-state index is 6.33. The van der Waals surface area contributed by atoms with Crippen LogP contribution in [0.1, 0.15) is 44.6 Å². The predicted octanol–water partition coefficient (Wildman–Crippen LogP) is 4.33. The normalized spacial score (nSPS) is 27.0. The van der Waals surface area contributed by atoms with Crippen LogP contribution in [-0.2, 0) is 0 Å². The molecule has 33 heavy (non-hydrogen) atoms. The molecule has 0 saturated carbocycles. The van der Waals surface area contributed by atoms with E-state index in [9.17, 15) is 0 Å². The number of likely N-dealkylation sites (tertiary alicyclic amines) is 1. The van der Waals surface area contributed by atoms with Crippen molar-refractivity contribution in [2.75, 3.05) is 48.8 Å². The van der Waals surface area contributed by atoms with Gasteiger partial charge >= 0.3 is 0 Å². The molecule has 9 heteroatoms. The summed E-state index contributed by atoms with van der Waals surface area (Å²) in [6.07, 6.45) is 6.18. The molecule has 4 saturated heterocycles. The molecular formula is C24H35ClN8. The van der Waals surface area contributed by atoms with E-state index in [-0.39, 0.29) is 0 Å². The van der Waals surface area contributed by atoms with E-state index in [0.29, 0.717) is 35.8 Å². The smallest absolute Gasteiger partial charge is 0.233 e. The number of piperidine rings is 3. The van der Waals surface area contributed by atoms with E-state index in [2.05, 4.69) is 37.7 Å². The Morgan fingerprint density at radius 1 is 1.03 bits per heavy atom. The van der Waals surface area contributed by atoms with E-state index in [1.807, 2.05) is 25.1 Å². The van der Waals surface area contributed by atoms with Gasteiger partial charge in [0.25, 0.3) is 0 Å². The van der Waals surface area contributed by atoms with Gasteiger partial charge < -0.3 is 20.9 Å². The topological polar surface area (TPSA) is 81.2 Å². The molecule has 2 bridgehead atoms. The number of anilines is 4. The molecule has 0 amide bonds. The van der Waals surface area contributed by atoms with Gasteiger partial charge in [-0.15, -0.1) is 0 Å². The molecule has 2 unspecified atom stereocenters. The monoisotopic (exact) mass is 470 g/mol. The zero-order valence-electron chi connectivity index (χ0n) is 19.6. The van der Waals surface area contributed by atoms with Crippen molar-refractivity contribution in [2.24, 2.45) is 5.92 Å². The number of hydrogen-bond acceptors (Lipinski definition) is 8. The quantitative estimate of drug-likeness (QED) is 0.526. The average molecular weight is 471 g/mol. The fraction of sp³-hybridized carbons (Fsp3) is 0.625. The van der Waals surface area contributed by atoms with Crippen LogP contribution in [0, 0.1) is 12.8 Å². The Bertz CT molecular complexity index is 961. The zero-order valence-corrected chi connectivity index (χ0v) is 20.4. The highest BCUT2D eigenvalue weighted by atomic mass is 35.5. The molecule has 3 N–H and O–H groups in total. The third kappa shape index (κ3) is 5.34. The highest BCUT2D eigenvalue weighted by Gasteiger charge is 2.34. The lowest BCUT2D eigenvalue weighted by Gasteiger charge is -2.44. The van der Waals surface area contributed by atoms with Crippen molar-refractivity contribution in [3.8, 4) is 0 Å². The molecule has 4 fully saturated rings. The first-order valence-corrected chi connectivity index (χ1v) is 12.7. The van der Waals surface area contributed by atoms with E-state index in [1.54, 1.807) is 0 Å². The lowest BCUT2D eigenvalue weighted by Crippen LogP contribution is -2.53. The van der Waals surface area contributed by atoms with Crippen molar-refractivity contribution in [2.45, 2.75) is 58.0 Å². The van der Waals surface area contributed by atoms with Gasteiger partial charge in [-0.2, -0.15) is 15.0 Å². The van der Waals surface area contributed by atoms with Crippen LogP contribution in [0.4, 0.5) is 23.5 Å². The van der Waals surface area contributed by atoms with Gasteiger partial charge in [0.05, 0.1) is 6.67 Å². The second kappa shape index (κ2) is 9.99. The van der Waals surface area contributed by atoms with Crippen LogP contribution in [0.25, 0.3) is 0 Å². The highest BCUT2D eigenvalue weighted by molar-refractivity contribution is 6.31. The Morgan fingerprint density at radius 2 is 1.82 bits per heavy atom. The first-order valence-electron chi connectivity index (χ1n) is 12.3. The molecule has 2 atom stereocenters. The second-order valence-corrected chi connectivity index (χ2v) is 10.0. The minimum Gasteiger partial charge on any atom is -0.350 e. The van der Waals surface area contributed by atoms with Gasteiger partial charge in [-0.05, 0) is 75.7 Å². The lowest BCUT2D eigenvalue weighted by molar-refractivity contribution is 0.0972. The van der Waals surface area contributed by atoms with E-state index in [4.69, 9.17) is 21.6 Å². The fourth-order valence-corrected chi connectivity index (χ4v) is 5.59. The van der Waals surface area contributed by atoms with Gasteiger partial charge in [-0.1, -0.05) is 24.6 Å². The van der Waals surface area contributed by atoms with E-state index in [1.165, 1.54) is 45.2 Å². The summed E-state index contributed by atoms with van der Waals surface area (Å²) in [4.78, 5) is 19.1. The number of nitrogens with one attached hydrogen (secondary N) is 3. The molecule has 0 radical (unpaired) electrons. The van der Waals surface area contributed by atoms with Crippen LogP contribution in [0.3, 0.4) is 0 Å². The maximum atomic E-state index is 6.33. The molecule has 0 spiro atoms. The van der Waals surface area contributed by atoms with E-state index in [0.717, 1.165) is 36.0 Å². The number of nitrogens with zero attached hydrogens (tertiary/aromatic N) is 5. The van der Waals surface area contributed by atoms with Crippen LogP contribution >= 0.6 is 11.6 Å². The minimum atomic E-state index is 0.382. The highest BCUT2D eigenvalue weighted by Crippen LogP contribution is 2.30. The second-order valence-electron chi connectivity index (χ2n) is 9.64. The lowest BCUT2D eigenvalue weighted by atomic mass is 9.84. The number of halogens is 1. The summed E-state index contributed by atoms with van der Waals surface area (Å²) < 4.78 is 0. The molecule has 4 aliphatic rings. The van der Waals surface area contributed by atoms with Gasteiger partial charge in [-0.3, -0.25) is 4.90 Å². The Kier molecular flexibility index (Phi) is 6.85. The van der Waals surface area contributed by atoms with Crippen molar-refractivity contribution in [1.29, 1.82) is 0 Å². The first-order chi connectivity index (χ1) is 16.1. The molecule has 178 valence electrons. The van der Waals surface area contributed by atoms with Gasteiger partial charge in [-0.25, -0.2) is 0 Å². The maximum Gasteiger partial charge on any atom is 0.233 e. The van der Waals surface area contributed by atoms with Crippen LogP contribution in [0.2, 0.25) is 5.02 Å². The zero-order chi connectivity index (χ0) is 22.8. The Labute approximate surface area is 201 Å². The number of aromatic nitrogens is 3. The minimum absolute atomic E-state index is 0.382. The molecule has 0 aliphatic carbocycles. The number of aryl methyl sites for hydroxylation is 1. The van der Waals surface area contributed by atoms with Crippen molar-refractivity contribution in [3.63, 3.8) is 0 Å². The first kappa shape index (κ1) is 22.6. The fourth-order valence-electron chi connectivity index (χ4n) is 5.41. The summed E-state index contributed by atoms with van der Waals surface area (Å²) >= 11 is 6.33. The summed E-state index contributed by atoms with van der Waals surface area (Å²) in [7, 11) is 0. The van der Waals surface area contributed by atoms with Crippen molar-refractivity contribution in [1.82, 2.24) is 24.8 Å². The van der Waals surface area contributed by atoms with Crippen molar-refractivity contribution < 1.29 is 0 Å². The third-order valence-electron chi connectivity index (χ3n) is 7.44. The Hall–Kier alpha value is -2.16. The van der Waals surface area contributed by atoms with Crippen LogP contribution in [0.15, 0.2) is 18.2 Å². The Balaban J connectivity index is 1.35. The molecule has 1 aromatic heterocycles. The molecule has 8 nitrogen and oxygen atoms in total. The van der Waals surface area contributed by atoms with Gasteiger partial charge in [0, 0.05) is 35.9 Å². The number of benzene rings is 1. The standard InChI is InChI=1S/C24H35ClN8/c1-3-19-5-4-10-33(19)15-26-22-29-23(27-18-7-6-16(2)20(25)13-18)31-24(30-22)28-21-14-32-11-8-17(21)9-12-32/h6-7,13,17,19,21H,3-5,8-12,14-15H2,1-2H3,(H3,26,27,28,29,30,31). The van der Waals surface area contributed by atoms with Crippen LogP contribution in [0.5, 0.6) is 0 Å². The average Bonchev–Trinajstić information content (AvgIpc) is 3.28. The predicted molar refractivity (Wildman–Crippen MR) is 134 cm³/mol. The number of hydrogen-bond donors (Lipinski definition) is 3. The molecule has 1 aromatic carbocycles. The third-order valence-corrected chi connectivity index (χ3v) is 7.85. The largest absolute Gasteiger partial charge is 0.350 e. The Morgan fingerprint density at radius 3 is 2.55 bits per heavy atom. The molecule has 4 aliphatic heterocycles. The molecule has 5 heterocycles.